The number of benzene rings is 1. The van der Waals surface area contributed by atoms with Crippen LogP contribution < -0.4 is 15.2 Å². The van der Waals surface area contributed by atoms with Crippen molar-refractivity contribution in [1.82, 2.24) is 4.72 Å². The van der Waals surface area contributed by atoms with Crippen molar-refractivity contribution >= 4 is 10.0 Å². The van der Waals surface area contributed by atoms with Crippen LogP contribution in [0.3, 0.4) is 0 Å². The van der Waals surface area contributed by atoms with Gasteiger partial charge in [0.2, 0.25) is 10.0 Å². The molecule has 0 aliphatic carbocycles. The molecule has 1 aliphatic heterocycles. The van der Waals surface area contributed by atoms with Crippen LogP contribution in [0.1, 0.15) is 13.3 Å². The average molecular weight is 300 g/mol. The smallest absolute Gasteiger partial charge is 0.240 e. The zero-order valence-electron chi connectivity index (χ0n) is 11.4. The van der Waals surface area contributed by atoms with Crippen LogP contribution in [-0.2, 0) is 14.8 Å². The Kier molecular flexibility index (Phi) is 4.98. The number of nitrogens with two attached hydrogens (primary N) is 1. The van der Waals surface area contributed by atoms with Crippen LogP contribution in [0, 0.1) is 0 Å². The second-order valence-electron chi connectivity index (χ2n) is 4.70. The third kappa shape index (κ3) is 3.69. The molecule has 1 aromatic rings. The molecule has 1 aromatic carbocycles. The maximum atomic E-state index is 12.2. The SMILES string of the molecule is CC1OCCC1NS(=O)(=O)c1ccc(OCCN)cc1. The van der Waals surface area contributed by atoms with Gasteiger partial charge in [0.1, 0.15) is 12.4 Å². The molecule has 0 aromatic heterocycles. The number of nitrogens with one attached hydrogen (secondary N) is 1. The van der Waals surface area contributed by atoms with E-state index in [0.29, 0.717) is 31.9 Å². The summed E-state index contributed by atoms with van der Waals surface area (Å²) in [5.41, 5.74) is 5.34. The van der Waals surface area contributed by atoms with Crippen molar-refractivity contribution in [3.05, 3.63) is 24.3 Å². The molecular formula is C13H20N2O4S. The van der Waals surface area contributed by atoms with Gasteiger partial charge in [-0.05, 0) is 37.6 Å². The van der Waals surface area contributed by atoms with Gasteiger partial charge in [0.15, 0.2) is 0 Å². The summed E-state index contributed by atoms with van der Waals surface area (Å²) in [6.45, 7) is 3.27. The van der Waals surface area contributed by atoms with Crippen molar-refractivity contribution in [1.29, 1.82) is 0 Å². The number of sulfonamides is 1. The Morgan fingerprint density at radius 1 is 1.40 bits per heavy atom. The first-order valence-electron chi connectivity index (χ1n) is 6.60. The van der Waals surface area contributed by atoms with E-state index in [4.69, 9.17) is 15.2 Å². The minimum atomic E-state index is -3.52. The van der Waals surface area contributed by atoms with Gasteiger partial charge in [-0.1, -0.05) is 0 Å². The molecule has 0 saturated carbocycles. The van der Waals surface area contributed by atoms with Crippen LogP contribution in [-0.4, -0.2) is 40.3 Å². The summed E-state index contributed by atoms with van der Waals surface area (Å²) in [5, 5.41) is 0. The van der Waals surface area contributed by atoms with E-state index < -0.39 is 10.0 Å². The Hall–Kier alpha value is -1.15. The zero-order valence-corrected chi connectivity index (χ0v) is 12.2. The lowest BCUT2D eigenvalue weighted by atomic mass is 10.2. The summed E-state index contributed by atoms with van der Waals surface area (Å²) >= 11 is 0. The standard InChI is InChI=1S/C13H20N2O4S/c1-10-13(6-8-18-10)15-20(16,17)12-4-2-11(3-5-12)19-9-7-14/h2-5,10,13,15H,6-9,14H2,1H3. The number of hydrogen-bond acceptors (Lipinski definition) is 5. The second-order valence-corrected chi connectivity index (χ2v) is 6.41. The van der Waals surface area contributed by atoms with Crippen LogP contribution in [0.2, 0.25) is 0 Å². The highest BCUT2D eigenvalue weighted by Crippen LogP contribution is 2.19. The lowest BCUT2D eigenvalue weighted by Gasteiger charge is -2.16. The lowest BCUT2D eigenvalue weighted by molar-refractivity contribution is 0.117. The van der Waals surface area contributed by atoms with Crippen LogP contribution in [0.5, 0.6) is 5.75 Å². The van der Waals surface area contributed by atoms with Gasteiger partial charge in [0.05, 0.1) is 17.0 Å². The molecule has 0 spiro atoms. The van der Waals surface area contributed by atoms with Crippen LogP contribution in [0.25, 0.3) is 0 Å². The van der Waals surface area contributed by atoms with Crippen molar-refractivity contribution < 1.29 is 17.9 Å². The predicted octanol–water partition coefficient (Wildman–Crippen LogP) is 0.480. The highest BCUT2D eigenvalue weighted by atomic mass is 32.2. The molecule has 7 heteroatoms. The molecule has 1 fully saturated rings. The first-order valence-corrected chi connectivity index (χ1v) is 8.08. The molecular weight excluding hydrogens is 280 g/mol. The quantitative estimate of drug-likeness (QED) is 0.797. The monoisotopic (exact) mass is 300 g/mol. The molecule has 0 radical (unpaired) electrons. The summed E-state index contributed by atoms with van der Waals surface area (Å²) in [5.74, 6) is 0.604. The summed E-state index contributed by atoms with van der Waals surface area (Å²) in [4.78, 5) is 0.219. The molecule has 2 unspecified atom stereocenters. The first kappa shape index (κ1) is 15.2. The van der Waals surface area contributed by atoms with Gasteiger partial charge >= 0.3 is 0 Å². The maximum Gasteiger partial charge on any atom is 0.240 e. The van der Waals surface area contributed by atoms with E-state index in [1.54, 1.807) is 12.1 Å². The fourth-order valence-electron chi connectivity index (χ4n) is 2.05. The van der Waals surface area contributed by atoms with Gasteiger partial charge in [-0.15, -0.1) is 0 Å². The minimum absolute atomic E-state index is 0.100. The van der Waals surface area contributed by atoms with E-state index in [1.807, 2.05) is 6.92 Å². The summed E-state index contributed by atoms with van der Waals surface area (Å²) in [7, 11) is -3.52. The van der Waals surface area contributed by atoms with Crippen molar-refractivity contribution in [2.45, 2.75) is 30.4 Å². The Balaban J connectivity index is 2.05. The van der Waals surface area contributed by atoms with Crippen molar-refractivity contribution in [2.75, 3.05) is 19.8 Å². The third-order valence-corrected chi connectivity index (χ3v) is 4.71. The van der Waals surface area contributed by atoms with E-state index in [-0.39, 0.29) is 17.0 Å². The van der Waals surface area contributed by atoms with Crippen LogP contribution >= 0.6 is 0 Å². The molecule has 20 heavy (non-hydrogen) atoms. The summed E-state index contributed by atoms with van der Waals surface area (Å²) < 4.78 is 37.8. The Labute approximate surface area is 119 Å². The molecule has 1 saturated heterocycles. The number of ether oxygens (including phenoxy) is 2. The van der Waals surface area contributed by atoms with E-state index in [1.165, 1.54) is 12.1 Å². The molecule has 1 aliphatic rings. The molecule has 112 valence electrons. The second kappa shape index (κ2) is 6.53. The molecule has 0 bridgehead atoms. The van der Waals surface area contributed by atoms with Gasteiger partial charge in [0.25, 0.3) is 0 Å². The number of rotatable bonds is 6. The van der Waals surface area contributed by atoms with Gasteiger partial charge in [-0.2, -0.15) is 0 Å². The van der Waals surface area contributed by atoms with Crippen molar-refractivity contribution in [2.24, 2.45) is 5.73 Å². The maximum absolute atomic E-state index is 12.2. The fraction of sp³-hybridized carbons (Fsp3) is 0.538. The largest absolute Gasteiger partial charge is 0.492 e. The zero-order chi connectivity index (χ0) is 14.6. The van der Waals surface area contributed by atoms with Crippen LogP contribution in [0.4, 0.5) is 0 Å². The highest BCUT2D eigenvalue weighted by molar-refractivity contribution is 7.89. The fourth-order valence-corrected chi connectivity index (χ4v) is 3.38. The van der Waals surface area contributed by atoms with Gasteiger partial charge in [0, 0.05) is 13.2 Å². The Bertz CT molecular complexity index is 530. The minimum Gasteiger partial charge on any atom is -0.492 e. The van der Waals surface area contributed by atoms with Gasteiger partial charge in [-0.3, -0.25) is 0 Å². The number of hydrogen-bond donors (Lipinski definition) is 2. The molecule has 0 amide bonds. The van der Waals surface area contributed by atoms with E-state index in [9.17, 15) is 8.42 Å². The topological polar surface area (TPSA) is 90.6 Å². The van der Waals surface area contributed by atoms with E-state index >= 15 is 0 Å². The van der Waals surface area contributed by atoms with Crippen molar-refractivity contribution in [3.8, 4) is 5.75 Å². The van der Waals surface area contributed by atoms with E-state index in [2.05, 4.69) is 4.72 Å². The molecule has 2 atom stereocenters. The summed E-state index contributed by atoms with van der Waals surface area (Å²) in [6.07, 6.45) is 0.592. The van der Waals surface area contributed by atoms with E-state index in [0.717, 1.165) is 0 Å². The third-order valence-electron chi connectivity index (χ3n) is 3.20. The van der Waals surface area contributed by atoms with Crippen molar-refractivity contribution in [3.63, 3.8) is 0 Å². The highest BCUT2D eigenvalue weighted by Gasteiger charge is 2.29. The lowest BCUT2D eigenvalue weighted by Crippen LogP contribution is -2.39. The molecule has 6 nitrogen and oxygen atoms in total. The Morgan fingerprint density at radius 3 is 2.65 bits per heavy atom. The first-order chi connectivity index (χ1) is 9.53. The predicted molar refractivity (Wildman–Crippen MR) is 75.1 cm³/mol. The Morgan fingerprint density at radius 2 is 2.10 bits per heavy atom. The van der Waals surface area contributed by atoms with Gasteiger partial charge < -0.3 is 15.2 Å². The average Bonchev–Trinajstić information content (AvgIpc) is 2.82. The molecule has 2 rings (SSSR count). The van der Waals surface area contributed by atoms with Crippen LogP contribution in [0.15, 0.2) is 29.2 Å². The molecule has 1 heterocycles. The summed E-state index contributed by atoms with van der Waals surface area (Å²) in [6, 6.07) is 6.12. The molecule has 3 N–H and O–H groups in total. The normalized spacial score (nSPS) is 22.9. The van der Waals surface area contributed by atoms with Gasteiger partial charge in [-0.25, -0.2) is 13.1 Å².